The number of nitrogens with one attached hydrogen (secondary N) is 1. The van der Waals surface area contributed by atoms with E-state index in [1.54, 1.807) is 25.6 Å². The summed E-state index contributed by atoms with van der Waals surface area (Å²) >= 11 is 0. The molecule has 3 rings (SSSR count). The van der Waals surface area contributed by atoms with Crippen LogP contribution in [0.4, 0.5) is 0 Å². The Labute approximate surface area is 113 Å². The molecule has 102 valence electrons. The Kier molecular flexibility index (Phi) is 3.14. The summed E-state index contributed by atoms with van der Waals surface area (Å²) in [4.78, 5) is 18.8. The number of rotatable bonds is 2. The van der Waals surface area contributed by atoms with Crippen LogP contribution < -0.4 is 10.1 Å². The van der Waals surface area contributed by atoms with E-state index < -0.39 is 0 Å². The molecule has 2 saturated heterocycles. The van der Waals surface area contributed by atoms with E-state index in [9.17, 15) is 4.79 Å². The molecule has 5 nitrogen and oxygen atoms in total. The third-order valence-corrected chi connectivity index (χ3v) is 4.25. The van der Waals surface area contributed by atoms with Gasteiger partial charge < -0.3 is 15.0 Å². The Hall–Kier alpha value is -1.62. The molecule has 0 spiro atoms. The summed E-state index contributed by atoms with van der Waals surface area (Å²) < 4.78 is 5.25. The summed E-state index contributed by atoms with van der Waals surface area (Å²) in [6, 6.07) is 2.35. The number of hydrogen-bond donors (Lipinski definition) is 1. The van der Waals surface area contributed by atoms with Crippen LogP contribution in [0.5, 0.6) is 5.75 Å². The molecule has 19 heavy (non-hydrogen) atoms. The van der Waals surface area contributed by atoms with E-state index in [2.05, 4.69) is 17.2 Å². The highest BCUT2D eigenvalue weighted by Crippen LogP contribution is 2.34. The van der Waals surface area contributed by atoms with Crippen molar-refractivity contribution in [3.05, 3.63) is 24.0 Å². The van der Waals surface area contributed by atoms with Crippen LogP contribution in [0.15, 0.2) is 18.5 Å². The lowest BCUT2D eigenvalue weighted by Crippen LogP contribution is -2.42. The molecular weight excluding hydrogens is 242 g/mol. The summed E-state index contributed by atoms with van der Waals surface area (Å²) in [5.41, 5.74) is 0.608. The van der Waals surface area contributed by atoms with Gasteiger partial charge in [-0.1, -0.05) is 0 Å². The van der Waals surface area contributed by atoms with Crippen LogP contribution in [-0.2, 0) is 0 Å². The molecule has 0 radical (unpaired) electrons. The average molecular weight is 261 g/mol. The molecule has 3 atom stereocenters. The molecule has 3 heterocycles. The topological polar surface area (TPSA) is 54.5 Å². The monoisotopic (exact) mass is 261 g/mol. The van der Waals surface area contributed by atoms with E-state index in [1.807, 2.05) is 4.90 Å². The molecule has 2 aliphatic rings. The van der Waals surface area contributed by atoms with Crippen LogP contribution >= 0.6 is 0 Å². The molecule has 0 saturated carbocycles. The van der Waals surface area contributed by atoms with Crippen LogP contribution in [0, 0.1) is 5.92 Å². The standard InChI is InChI=1S/C14H19N3O2/c1-9-5-10-6-16-7-12(10)17(9)14(18)11-3-4-15-8-13(11)19-2/h3-4,8-10,12,16H,5-7H2,1-2H3. The zero-order valence-electron chi connectivity index (χ0n) is 11.3. The molecule has 5 heteroatoms. The Balaban J connectivity index is 1.91. The minimum absolute atomic E-state index is 0.0583. The quantitative estimate of drug-likeness (QED) is 0.860. The predicted octanol–water partition coefficient (Wildman–Crippen LogP) is 0.913. The highest BCUT2D eigenvalue weighted by molar-refractivity contribution is 5.97. The highest BCUT2D eigenvalue weighted by atomic mass is 16.5. The third kappa shape index (κ3) is 1.98. The van der Waals surface area contributed by atoms with E-state index in [-0.39, 0.29) is 5.91 Å². The van der Waals surface area contributed by atoms with Crippen molar-refractivity contribution in [3.8, 4) is 5.75 Å². The fourth-order valence-electron chi connectivity index (χ4n) is 3.37. The van der Waals surface area contributed by atoms with Gasteiger partial charge in [0.25, 0.3) is 5.91 Å². The molecule has 1 amide bonds. The van der Waals surface area contributed by atoms with Gasteiger partial charge in [-0.25, -0.2) is 0 Å². The summed E-state index contributed by atoms with van der Waals surface area (Å²) in [7, 11) is 1.57. The van der Waals surface area contributed by atoms with Crippen LogP contribution in [0.1, 0.15) is 23.7 Å². The van der Waals surface area contributed by atoms with Crippen molar-refractivity contribution in [1.82, 2.24) is 15.2 Å². The lowest BCUT2D eigenvalue weighted by atomic mass is 10.0. The number of pyridine rings is 1. The molecule has 2 aliphatic heterocycles. The van der Waals surface area contributed by atoms with E-state index in [1.165, 1.54) is 0 Å². The van der Waals surface area contributed by atoms with Crippen molar-refractivity contribution in [2.24, 2.45) is 5.92 Å². The number of fused-ring (bicyclic) bond motifs is 1. The SMILES string of the molecule is COc1cnccc1C(=O)N1C(C)CC2CNCC21. The maximum Gasteiger partial charge on any atom is 0.258 e. The number of nitrogens with zero attached hydrogens (tertiary/aromatic N) is 2. The second-order valence-corrected chi connectivity index (χ2v) is 5.36. The number of amides is 1. The zero-order chi connectivity index (χ0) is 13.4. The molecule has 1 aromatic heterocycles. The first kappa shape index (κ1) is 12.4. The second kappa shape index (κ2) is 4.81. The Bertz CT molecular complexity index is 491. The van der Waals surface area contributed by atoms with Gasteiger partial charge in [-0.05, 0) is 25.3 Å². The summed E-state index contributed by atoms with van der Waals surface area (Å²) in [5.74, 6) is 1.20. The first-order chi connectivity index (χ1) is 9.22. The van der Waals surface area contributed by atoms with E-state index in [0.29, 0.717) is 29.3 Å². The van der Waals surface area contributed by atoms with Crippen molar-refractivity contribution in [1.29, 1.82) is 0 Å². The molecule has 2 fully saturated rings. The van der Waals surface area contributed by atoms with E-state index in [0.717, 1.165) is 19.5 Å². The van der Waals surface area contributed by atoms with Crippen LogP contribution in [0.2, 0.25) is 0 Å². The van der Waals surface area contributed by atoms with Gasteiger partial charge in [0.15, 0.2) is 0 Å². The van der Waals surface area contributed by atoms with Crippen molar-refractivity contribution in [2.75, 3.05) is 20.2 Å². The number of carbonyl (C=O) groups excluding carboxylic acids is 1. The van der Waals surface area contributed by atoms with Gasteiger partial charge in [-0.3, -0.25) is 9.78 Å². The maximum atomic E-state index is 12.8. The predicted molar refractivity (Wildman–Crippen MR) is 71.2 cm³/mol. The van der Waals surface area contributed by atoms with E-state index >= 15 is 0 Å². The average Bonchev–Trinajstić information content (AvgIpc) is 2.97. The van der Waals surface area contributed by atoms with Crippen LogP contribution in [0.3, 0.4) is 0 Å². The zero-order valence-corrected chi connectivity index (χ0v) is 11.3. The number of ether oxygens (including phenoxy) is 1. The normalized spacial score (nSPS) is 29.4. The lowest BCUT2D eigenvalue weighted by molar-refractivity contribution is 0.0678. The largest absolute Gasteiger partial charge is 0.494 e. The first-order valence-electron chi connectivity index (χ1n) is 6.73. The number of aromatic nitrogens is 1. The minimum Gasteiger partial charge on any atom is -0.494 e. The van der Waals surface area contributed by atoms with Gasteiger partial charge in [-0.15, -0.1) is 0 Å². The molecule has 1 aromatic rings. The minimum atomic E-state index is 0.0583. The highest BCUT2D eigenvalue weighted by Gasteiger charge is 2.44. The molecule has 0 aliphatic carbocycles. The third-order valence-electron chi connectivity index (χ3n) is 4.25. The molecule has 0 bridgehead atoms. The summed E-state index contributed by atoms with van der Waals surface area (Å²) in [6.07, 6.45) is 4.32. The second-order valence-electron chi connectivity index (χ2n) is 5.36. The number of hydrogen-bond acceptors (Lipinski definition) is 4. The number of methoxy groups -OCH3 is 1. The van der Waals surface area contributed by atoms with Gasteiger partial charge in [0.05, 0.1) is 18.9 Å². The summed E-state index contributed by atoms with van der Waals surface area (Å²) in [6.45, 7) is 4.05. The molecule has 1 N–H and O–H groups in total. The smallest absolute Gasteiger partial charge is 0.258 e. The van der Waals surface area contributed by atoms with Gasteiger partial charge in [0, 0.05) is 31.4 Å². The van der Waals surface area contributed by atoms with Gasteiger partial charge in [-0.2, -0.15) is 0 Å². The van der Waals surface area contributed by atoms with Crippen molar-refractivity contribution in [2.45, 2.75) is 25.4 Å². The van der Waals surface area contributed by atoms with Crippen LogP contribution in [-0.4, -0.2) is 48.1 Å². The lowest BCUT2D eigenvalue weighted by Gasteiger charge is -2.28. The van der Waals surface area contributed by atoms with Gasteiger partial charge in [0.1, 0.15) is 5.75 Å². The van der Waals surface area contributed by atoms with Crippen molar-refractivity contribution >= 4 is 5.91 Å². The number of likely N-dealkylation sites (tertiary alicyclic amines) is 1. The van der Waals surface area contributed by atoms with E-state index in [4.69, 9.17) is 4.74 Å². The Morgan fingerprint density at radius 3 is 3.16 bits per heavy atom. The van der Waals surface area contributed by atoms with Crippen molar-refractivity contribution in [3.63, 3.8) is 0 Å². The summed E-state index contributed by atoms with van der Waals surface area (Å²) in [5, 5.41) is 3.37. The molecule has 3 unspecified atom stereocenters. The maximum absolute atomic E-state index is 12.8. The Morgan fingerprint density at radius 2 is 2.37 bits per heavy atom. The van der Waals surface area contributed by atoms with Gasteiger partial charge >= 0.3 is 0 Å². The Morgan fingerprint density at radius 1 is 1.53 bits per heavy atom. The van der Waals surface area contributed by atoms with Gasteiger partial charge in [0.2, 0.25) is 0 Å². The molecular formula is C14H19N3O2. The molecule has 0 aromatic carbocycles. The number of carbonyl (C=O) groups is 1. The fourth-order valence-corrected chi connectivity index (χ4v) is 3.37. The fraction of sp³-hybridized carbons (Fsp3) is 0.571. The first-order valence-corrected chi connectivity index (χ1v) is 6.73. The van der Waals surface area contributed by atoms with Crippen molar-refractivity contribution < 1.29 is 9.53 Å². The van der Waals surface area contributed by atoms with Crippen LogP contribution in [0.25, 0.3) is 0 Å².